The van der Waals surface area contributed by atoms with Crippen LogP contribution in [-0.2, 0) is 9.53 Å². The van der Waals surface area contributed by atoms with Crippen molar-refractivity contribution in [1.29, 1.82) is 0 Å². The lowest BCUT2D eigenvalue weighted by Crippen LogP contribution is -2.48. The predicted octanol–water partition coefficient (Wildman–Crippen LogP) is 3.00. The second-order valence-corrected chi connectivity index (χ2v) is 6.59. The van der Waals surface area contributed by atoms with Crippen molar-refractivity contribution in [3.05, 3.63) is 23.8 Å². The van der Waals surface area contributed by atoms with Crippen molar-refractivity contribution in [2.75, 3.05) is 7.11 Å². The van der Waals surface area contributed by atoms with E-state index < -0.39 is 30.6 Å². The van der Waals surface area contributed by atoms with Gasteiger partial charge in [-0.1, -0.05) is 19.3 Å². The van der Waals surface area contributed by atoms with Crippen LogP contribution in [0.4, 0.5) is 13.6 Å². The number of halogens is 2. The van der Waals surface area contributed by atoms with Gasteiger partial charge in [-0.05, 0) is 38.0 Å². The topological polar surface area (TPSA) is 103 Å². The molecule has 0 heterocycles. The number of ether oxygens (including phenoxy) is 3. The van der Waals surface area contributed by atoms with E-state index in [-0.39, 0.29) is 23.1 Å². The number of rotatable bonds is 7. The van der Waals surface area contributed by atoms with Crippen molar-refractivity contribution in [3.8, 4) is 11.5 Å². The Morgan fingerprint density at radius 2 is 1.79 bits per heavy atom. The number of benzene rings is 1. The fourth-order valence-electron chi connectivity index (χ4n) is 2.95. The molecule has 0 unspecified atom stereocenters. The molecular formula is C19H24F2N2O6. The number of esters is 1. The molecule has 1 aliphatic carbocycles. The molecule has 29 heavy (non-hydrogen) atoms. The van der Waals surface area contributed by atoms with E-state index in [9.17, 15) is 23.2 Å². The smallest absolute Gasteiger partial charge is 0.387 e. The lowest BCUT2D eigenvalue weighted by atomic mass is 9.96. The summed E-state index contributed by atoms with van der Waals surface area (Å²) in [6.45, 7) is -1.74. The van der Waals surface area contributed by atoms with Gasteiger partial charge in [-0.15, -0.1) is 0 Å². The molecule has 3 amide bonds. The highest BCUT2D eigenvalue weighted by Crippen LogP contribution is 2.29. The van der Waals surface area contributed by atoms with Crippen LogP contribution < -0.4 is 20.1 Å². The van der Waals surface area contributed by atoms with E-state index in [0.717, 1.165) is 44.2 Å². The SMILES string of the molecule is COc1cc(C(=O)O[C@H](C)C(=O)NC(=O)NC2CCCCC2)ccc1OC(F)F. The van der Waals surface area contributed by atoms with Crippen LogP contribution in [0.2, 0.25) is 0 Å². The number of hydrogen-bond donors (Lipinski definition) is 2. The normalized spacial score (nSPS) is 15.3. The molecule has 1 aromatic carbocycles. The molecule has 1 aliphatic rings. The third-order valence-corrected chi connectivity index (χ3v) is 4.45. The molecule has 2 N–H and O–H groups in total. The summed E-state index contributed by atoms with van der Waals surface area (Å²) < 4.78 is 39.0. The Hall–Kier alpha value is -2.91. The van der Waals surface area contributed by atoms with E-state index in [1.165, 1.54) is 20.1 Å². The van der Waals surface area contributed by atoms with Gasteiger partial charge in [0, 0.05) is 6.04 Å². The van der Waals surface area contributed by atoms with Gasteiger partial charge in [0.15, 0.2) is 17.6 Å². The van der Waals surface area contributed by atoms with Gasteiger partial charge in [0.2, 0.25) is 0 Å². The van der Waals surface area contributed by atoms with Crippen molar-refractivity contribution in [3.63, 3.8) is 0 Å². The summed E-state index contributed by atoms with van der Waals surface area (Å²) in [4.78, 5) is 36.2. The van der Waals surface area contributed by atoms with Crippen LogP contribution >= 0.6 is 0 Å². The zero-order valence-electron chi connectivity index (χ0n) is 16.2. The average Bonchev–Trinajstić information content (AvgIpc) is 2.68. The molecule has 8 nitrogen and oxygen atoms in total. The van der Waals surface area contributed by atoms with Gasteiger partial charge in [0.25, 0.3) is 5.91 Å². The molecule has 1 saturated carbocycles. The summed E-state index contributed by atoms with van der Waals surface area (Å²) in [6, 6.07) is 2.86. The van der Waals surface area contributed by atoms with Crippen molar-refractivity contribution in [2.24, 2.45) is 0 Å². The van der Waals surface area contributed by atoms with E-state index in [4.69, 9.17) is 9.47 Å². The highest BCUT2D eigenvalue weighted by atomic mass is 19.3. The Kier molecular flexibility index (Phi) is 8.17. The highest BCUT2D eigenvalue weighted by Gasteiger charge is 2.23. The van der Waals surface area contributed by atoms with Crippen molar-refractivity contribution >= 4 is 17.9 Å². The van der Waals surface area contributed by atoms with Crippen LogP contribution in [0.1, 0.15) is 49.4 Å². The summed E-state index contributed by atoms with van der Waals surface area (Å²) >= 11 is 0. The fourth-order valence-corrected chi connectivity index (χ4v) is 2.95. The van der Waals surface area contributed by atoms with E-state index >= 15 is 0 Å². The minimum Gasteiger partial charge on any atom is -0.493 e. The first-order valence-corrected chi connectivity index (χ1v) is 9.25. The molecule has 0 aliphatic heterocycles. The van der Waals surface area contributed by atoms with Gasteiger partial charge < -0.3 is 19.5 Å². The average molecular weight is 414 g/mol. The van der Waals surface area contributed by atoms with Crippen LogP contribution in [0, 0.1) is 0 Å². The number of nitrogens with one attached hydrogen (secondary N) is 2. The molecule has 160 valence electrons. The van der Waals surface area contributed by atoms with Crippen molar-refractivity contribution < 1.29 is 37.4 Å². The first kappa shape index (κ1) is 22.4. The van der Waals surface area contributed by atoms with Gasteiger partial charge >= 0.3 is 18.6 Å². The summed E-state index contributed by atoms with van der Waals surface area (Å²) in [5, 5.41) is 4.87. The maximum atomic E-state index is 12.4. The minimum absolute atomic E-state index is 0.0239. The molecule has 1 atom stereocenters. The van der Waals surface area contributed by atoms with E-state index in [1.807, 2.05) is 0 Å². The number of urea groups is 1. The molecule has 2 rings (SSSR count). The first-order valence-electron chi connectivity index (χ1n) is 9.25. The lowest BCUT2D eigenvalue weighted by Gasteiger charge is -2.23. The standard InChI is InChI=1S/C19H24F2N2O6/c1-11(16(24)23-19(26)22-13-6-4-3-5-7-13)28-17(25)12-8-9-14(29-18(20)21)15(10-12)27-2/h8-11,13,18H,3-7H2,1-2H3,(H2,22,23,24,26)/t11-/m1/s1. The predicted molar refractivity (Wildman–Crippen MR) is 98.1 cm³/mol. The Morgan fingerprint density at radius 1 is 1.10 bits per heavy atom. The number of imide groups is 1. The zero-order chi connectivity index (χ0) is 21.4. The van der Waals surface area contributed by atoms with Gasteiger partial charge in [0.1, 0.15) is 0 Å². The Balaban J connectivity index is 1.90. The monoisotopic (exact) mass is 414 g/mol. The number of hydrogen-bond acceptors (Lipinski definition) is 6. The summed E-state index contributed by atoms with van der Waals surface area (Å²) in [5.41, 5.74) is -0.0326. The number of amides is 3. The molecule has 0 aromatic heterocycles. The quantitative estimate of drug-likeness (QED) is 0.665. The molecule has 0 spiro atoms. The first-order chi connectivity index (χ1) is 13.8. The Bertz CT molecular complexity index is 737. The largest absolute Gasteiger partial charge is 0.493 e. The fraction of sp³-hybridized carbons (Fsp3) is 0.526. The summed E-state index contributed by atoms with van der Waals surface area (Å²) in [7, 11) is 1.23. The van der Waals surface area contributed by atoms with Crippen LogP contribution in [0.15, 0.2) is 18.2 Å². The molecule has 0 bridgehead atoms. The number of alkyl halides is 2. The van der Waals surface area contributed by atoms with Crippen molar-refractivity contribution in [1.82, 2.24) is 10.6 Å². The lowest BCUT2D eigenvalue weighted by molar-refractivity contribution is -0.127. The highest BCUT2D eigenvalue weighted by molar-refractivity contribution is 5.98. The van der Waals surface area contributed by atoms with Crippen LogP contribution in [0.3, 0.4) is 0 Å². The summed E-state index contributed by atoms with van der Waals surface area (Å²) in [6.07, 6.45) is 3.65. The van der Waals surface area contributed by atoms with Gasteiger partial charge in [-0.2, -0.15) is 8.78 Å². The van der Waals surface area contributed by atoms with E-state index in [2.05, 4.69) is 15.4 Å². The maximum absolute atomic E-state index is 12.4. The minimum atomic E-state index is -3.05. The second kappa shape index (κ2) is 10.6. The van der Waals surface area contributed by atoms with E-state index in [0.29, 0.717) is 0 Å². The number of methoxy groups -OCH3 is 1. The number of carbonyl (C=O) groups is 3. The van der Waals surface area contributed by atoms with Crippen molar-refractivity contribution in [2.45, 2.75) is 57.8 Å². The molecule has 10 heteroatoms. The molecule has 1 aromatic rings. The third kappa shape index (κ3) is 6.88. The van der Waals surface area contributed by atoms with Gasteiger partial charge in [0.05, 0.1) is 12.7 Å². The maximum Gasteiger partial charge on any atom is 0.387 e. The molecule has 1 fully saturated rings. The van der Waals surface area contributed by atoms with Gasteiger partial charge in [-0.3, -0.25) is 10.1 Å². The van der Waals surface area contributed by atoms with E-state index in [1.54, 1.807) is 0 Å². The molecule has 0 saturated heterocycles. The Labute approximate surface area is 166 Å². The Morgan fingerprint density at radius 3 is 2.41 bits per heavy atom. The van der Waals surface area contributed by atoms with Gasteiger partial charge in [-0.25, -0.2) is 9.59 Å². The number of carbonyl (C=O) groups excluding carboxylic acids is 3. The summed E-state index contributed by atoms with van der Waals surface area (Å²) in [5.74, 6) is -2.01. The molecular weight excluding hydrogens is 390 g/mol. The second-order valence-electron chi connectivity index (χ2n) is 6.59. The third-order valence-electron chi connectivity index (χ3n) is 4.45. The molecule has 0 radical (unpaired) electrons. The van der Waals surface area contributed by atoms with Crippen LogP contribution in [-0.4, -0.2) is 43.8 Å². The van der Waals surface area contributed by atoms with Crippen LogP contribution in [0.5, 0.6) is 11.5 Å². The zero-order valence-corrected chi connectivity index (χ0v) is 16.2. The van der Waals surface area contributed by atoms with Crippen LogP contribution in [0.25, 0.3) is 0 Å².